The number of amides is 1. The first-order valence-corrected chi connectivity index (χ1v) is 14.2. The van der Waals surface area contributed by atoms with E-state index < -0.39 is 0 Å². The van der Waals surface area contributed by atoms with E-state index in [1.165, 1.54) is 0 Å². The Morgan fingerprint density at radius 1 is 1.22 bits per heavy atom. The molecule has 3 aromatic heterocycles. The molecule has 12 heteroatoms. The Hall–Kier alpha value is -3.87. The van der Waals surface area contributed by atoms with Crippen molar-refractivity contribution in [3.63, 3.8) is 0 Å². The number of allylic oxidation sites excluding steroid dienone is 1. The minimum Gasteiger partial charge on any atom is -0.478 e. The number of aryl methyl sites for hydroxylation is 1. The molecule has 2 N–H and O–H groups in total. The summed E-state index contributed by atoms with van der Waals surface area (Å²) < 4.78 is 12.6. The van der Waals surface area contributed by atoms with Gasteiger partial charge in [-0.3, -0.25) is 14.4 Å². The highest BCUT2D eigenvalue weighted by molar-refractivity contribution is 5.96. The summed E-state index contributed by atoms with van der Waals surface area (Å²) in [6.45, 7) is 9.05. The molecule has 1 unspecified atom stereocenters. The second kappa shape index (κ2) is 11.6. The van der Waals surface area contributed by atoms with Crippen LogP contribution in [0, 0.1) is 6.92 Å². The molecule has 5 heterocycles. The fraction of sp³-hybridized carbons (Fsp3) is 0.483. The number of ether oxygens (including phenoxy) is 2. The van der Waals surface area contributed by atoms with Crippen LogP contribution in [-0.2, 0) is 16.0 Å². The number of methoxy groups -OCH3 is 1. The maximum atomic E-state index is 13.4. The average molecular weight is 560 g/mol. The van der Waals surface area contributed by atoms with Crippen LogP contribution < -0.4 is 15.4 Å². The molecule has 3 aromatic rings. The number of nitrogens with one attached hydrogen (secondary N) is 2. The Labute approximate surface area is 239 Å². The average Bonchev–Trinajstić information content (AvgIpc) is 3.55. The maximum absolute atomic E-state index is 13.4. The monoisotopic (exact) mass is 559 g/mol. The molecule has 0 spiro atoms. The van der Waals surface area contributed by atoms with Crippen LogP contribution in [0.3, 0.4) is 0 Å². The lowest BCUT2D eigenvalue weighted by molar-refractivity contribution is -0.122. The molecule has 216 valence electrons. The standard InChI is InChI=1S/C29H37N9O3/c1-5-24(37-12-10-36(3)11-13-37)27(39)34-26-22-7-6-21(20(22)8-9-30-26)25-18(2)14-31-29(33-25)32-23-15-38(19-16-41-17-19)35-28(23)40-4/h6,8-9,14-15,19,24H,5,7,10-13,16-17H2,1-4H3,(H,30,34,39)(H,31,32,33). The normalized spacial score (nSPS) is 18.4. The van der Waals surface area contributed by atoms with E-state index in [0.717, 1.165) is 60.6 Å². The number of pyridine rings is 1. The minimum absolute atomic E-state index is 0.000868. The second-order valence-electron chi connectivity index (χ2n) is 10.8. The van der Waals surface area contributed by atoms with Crippen LogP contribution in [-0.4, -0.2) is 100 Å². The third-order valence-electron chi connectivity index (χ3n) is 8.13. The van der Waals surface area contributed by atoms with E-state index in [0.29, 0.717) is 43.0 Å². The third-order valence-corrected chi connectivity index (χ3v) is 8.13. The Balaban J connectivity index is 1.21. The lowest BCUT2D eigenvalue weighted by atomic mass is 10.0. The van der Waals surface area contributed by atoms with Crippen LogP contribution in [0.25, 0.3) is 5.57 Å². The first-order valence-electron chi connectivity index (χ1n) is 14.2. The second-order valence-corrected chi connectivity index (χ2v) is 10.8. The van der Waals surface area contributed by atoms with E-state index in [4.69, 9.17) is 14.5 Å². The largest absolute Gasteiger partial charge is 0.478 e. The van der Waals surface area contributed by atoms with Gasteiger partial charge in [0.1, 0.15) is 11.5 Å². The van der Waals surface area contributed by atoms with Gasteiger partial charge in [-0.05, 0) is 44.0 Å². The van der Waals surface area contributed by atoms with Crippen molar-refractivity contribution in [2.24, 2.45) is 0 Å². The van der Waals surface area contributed by atoms with Crippen molar-refractivity contribution in [1.82, 2.24) is 34.5 Å². The molecular weight excluding hydrogens is 522 g/mol. The summed E-state index contributed by atoms with van der Waals surface area (Å²) in [5, 5.41) is 10.9. The molecule has 6 rings (SSSR count). The molecule has 12 nitrogen and oxygen atoms in total. The topological polar surface area (TPSA) is 123 Å². The van der Waals surface area contributed by atoms with Gasteiger partial charge in [0, 0.05) is 49.7 Å². The molecule has 2 fully saturated rings. The van der Waals surface area contributed by atoms with Crippen molar-refractivity contribution >= 4 is 28.9 Å². The number of carbonyl (C=O) groups is 1. The highest BCUT2D eigenvalue weighted by atomic mass is 16.5. The molecule has 1 atom stereocenters. The number of aromatic nitrogens is 5. The van der Waals surface area contributed by atoms with Crippen LogP contribution in [0.4, 0.5) is 17.5 Å². The molecule has 0 saturated carbocycles. The summed E-state index contributed by atoms with van der Waals surface area (Å²) in [6, 6.07) is 2.02. The summed E-state index contributed by atoms with van der Waals surface area (Å²) in [5.41, 5.74) is 5.49. The van der Waals surface area contributed by atoms with Crippen LogP contribution in [0.1, 0.15) is 41.8 Å². The summed E-state index contributed by atoms with van der Waals surface area (Å²) in [4.78, 5) is 31.9. The number of likely N-dealkylation sites (N-methyl/N-ethyl adjacent to an activating group) is 1. The zero-order valence-electron chi connectivity index (χ0n) is 24.1. The van der Waals surface area contributed by atoms with Crippen LogP contribution >= 0.6 is 0 Å². The molecule has 0 aromatic carbocycles. The SMILES string of the molecule is CCC(C(=O)Nc1nccc2c1CC=C2c1nc(Nc2cn(C3COC3)nc2OC)ncc1C)N1CCN(C)CC1. The Kier molecular flexibility index (Phi) is 7.69. The van der Waals surface area contributed by atoms with E-state index in [1.54, 1.807) is 13.3 Å². The molecule has 2 aliphatic heterocycles. The molecule has 1 amide bonds. The van der Waals surface area contributed by atoms with Crippen molar-refractivity contribution in [2.45, 2.75) is 38.8 Å². The fourth-order valence-corrected chi connectivity index (χ4v) is 5.61. The smallest absolute Gasteiger partial charge is 0.256 e. The Morgan fingerprint density at radius 3 is 2.73 bits per heavy atom. The number of carbonyl (C=O) groups excluding carboxylic acids is 1. The van der Waals surface area contributed by atoms with Gasteiger partial charge in [0.15, 0.2) is 0 Å². The summed E-state index contributed by atoms with van der Waals surface area (Å²) in [7, 11) is 3.71. The maximum Gasteiger partial charge on any atom is 0.256 e. The zero-order chi connectivity index (χ0) is 28.5. The van der Waals surface area contributed by atoms with Gasteiger partial charge in [-0.1, -0.05) is 13.0 Å². The van der Waals surface area contributed by atoms with Crippen LogP contribution in [0.2, 0.25) is 0 Å². The summed E-state index contributed by atoms with van der Waals surface area (Å²) >= 11 is 0. The van der Waals surface area contributed by atoms with Gasteiger partial charge in [0.05, 0.1) is 44.3 Å². The number of piperazine rings is 1. The van der Waals surface area contributed by atoms with Crippen molar-refractivity contribution < 1.29 is 14.3 Å². The third kappa shape index (κ3) is 5.42. The van der Waals surface area contributed by atoms with Gasteiger partial charge in [0.2, 0.25) is 11.9 Å². The molecule has 2 saturated heterocycles. The van der Waals surface area contributed by atoms with Gasteiger partial charge in [-0.25, -0.2) is 15.0 Å². The Morgan fingerprint density at radius 2 is 2.02 bits per heavy atom. The molecule has 3 aliphatic rings. The molecular formula is C29H37N9O3. The van der Waals surface area contributed by atoms with Gasteiger partial charge < -0.3 is 25.0 Å². The van der Waals surface area contributed by atoms with E-state index in [1.807, 2.05) is 30.1 Å². The lowest BCUT2D eigenvalue weighted by Gasteiger charge is -2.36. The van der Waals surface area contributed by atoms with Gasteiger partial charge >= 0.3 is 0 Å². The Bertz CT molecular complexity index is 1460. The molecule has 1 aliphatic carbocycles. The van der Waals surface area contributed by atoms with Crippen molar-refractivity contribution in [3.8, 4) is 5.88 Å². The van der Waals surface area contributed by atoms with Gasteiger partial charge in [-0.15, -0.1) is 5.10 Å². The lowest BCUT2D eigenvalue weighted by Crippen LogP contribution is -2.52. The van der Waals surface area contributed by atoms with E-state index in [9.17, 15) is 4.79 Å². The number of rotatable bonds is 9. The predicted molar refractivity (Wildman–Crippen MR) is 155 cm³/mol. The molecule has 0 radical (unpaired) electrons. The van der Waals surface area contributed by atoms with E-state index >= 15 is 0 Å². The van der Waals surface area contributed by atoms with E-state index in [-0.39, 0.29) is 18.0 Å². The summed E-state index contributed by atoms with van der Waals surface area (Å²) in [6.07, 6.45) is 9.02. The van der Waals surface area contributed by atoms with Crippen LogP contribution in [0.15, 0.2) is 30.7 Å². The minimum atomic E-state index is -0.175. The van der Waals surface area contributed by atoms with E-state index in [2.05, 4.69) is 55.5 Å². The summed E-state index contributed by atoms with van der Waals surface area (Å²) in [5.74, 6) is 1.54. The molecule has 41 heavy (non-hydrogen) atoms. The number of anilines is 3. The number of nitrogens with zero attached hydrogens (tertiary/aromatic N) is 7. The first kappa shape index (κ1) is 27.3. The van der Waals surface area contributed by atoms with Crippen molar-refractivity contribution in [2.75, 3.05) is 64.2 Å². The predicted octanol–water partition coefficient (Wildman–Crippen LogP) is 2.65. The zero-order valence-corrected chi connectivity index (χ0v) is 24.1. The van der Waals surface area contributed by atoms with Gasteiger partial charge in [0.25, 0.3) is 5.88 Å². The first-order chi connectivity index (χ1) is 19.9. The van der Waals surface area contributed by atoms with Crippen molar-refractivity contribution in [1.29, 1.82) is 0 Å². The molecule has 0 bridgehead atoms. The number of hydrogen-bond acceptors (Lipinski definition) is 10. The number of hydrogen-bond donors (Lipinski definition) is 2. The van der Waals surface area contributed by atoms with Crippen molar-refractivity contribution in [3.05, 3.63) is 53.1 Å². The quantitative estimate of drug-likeness (QED) is 0.405. The number of fused-ring (bicyclic) bond motifs is 1. The fourth-order valence-electron chi connectivity index (χ4n) is 5.61. The highest BCUT2D eigenvalue weighted by Gasteiger charge is 2.29. The van der Waals surface area contributed by atoms with Gasteiger partial charge in [-0.2, -0.15) is 0 Å². The van der Waals surface area contributed by atoms with Crippen LogP contribution in [0.5, 0.6) is 5.88 Å². The highest BCUT2D eigenvalue weighted by Crippen LogP contribution is 2.37.